The van der Waals surface area contributed by atoms with E-state index >= 15 is 0 Å². The second-order valence-corrected chi connectivity index (χ2v) is 8.30. The largest absolute Gasteiger partial charge is 0.301 e. The number of Topliss-reactive ketones (excluding diaryl/α,β-unsaturated/α-hetero) is 1. The average molecular weight is 407 g/mol. The zero-order chi connectivity index (χ0) is 18.5. The standard InChI is InChI=1S/C20H23ClN2O2S.CH4/c1-13(24)10-17-12-26-20(22-17)23-19(25)18(11-14-4-2-3-5-14)15-6-8-16(21)9-7-15;/h6-9,12,14,18H,2-5,10-11H2,1H3,(H,22,23,25);1H4. The molecular weight excluding hydrogens is 380 g/mol. The summed E-state index contributed by atoms with van der Waals surface area (Å²) in [6.45, 7) is 1.54. The van der Waals surface area contributed by atoms with E-state index < -0.39 is 0 Å². The molecule has 0 bridgehead atoms. The van der Waals surface area contributed by atoms with Crippen LogP contribution in [-0.4, -0.2) is 16.7 Å². The lowest BCUT2D eigenvalue weighted by molar-refractivity contribution is -0.118. The van der Waals surface area contributed by atoms with Crippen LogP contribution in [0.1, 0.15) is 63.6 Å². The van der Waals surface area contributed by atoms with E-state index in [1.165, 1.54) is 43.9 Å². The summed E-state index contributed by atoms with van der Waals surface area (Å²) in [5.74, 6) is 0.401. The highest BCUT2D eigenvalue weighted by Crippen LogP contribution is 2.35. The number of hydrogen-bond donors (Lipinski definition) is 1. The van der Waals surface area contributed by atoms with E-state index in [0.717, 1.165) is 12.0 Å². The smallest absolute Gasteiger partial charge is 0.233 e. The van der Waals surface area contributed by atoms with Crippen molar-refractivity contribution < 1.29 is 9.59 Å². The molecule has 4 nitrogen and oxygen atoms in total. The van der Waals surface area contributed by atoms with Gasteiger partial charge in [-0.05, 0) is 37.0 Å². The van der Waals surface area contributed by atoms with Gasteiger partial charge < -0.3 is 5.32 Å². The van der Waals surface area contributed by atoms with Gasteiger partial charge in [0.15, 0.2) is 5.13 Å². The lowest BCUT2D eigenvalue weighted by atomic mass is 9.87. The van der Waals surface area contributed by atoms with Crippen LogP contribution in [0.4, 0.5) is 5.13 Å². The minimum atomic E-state index is -0.212. The molecule has 1 heterocycles. The van der Waals surface area contributed by atoms with Gasteiger partial charge in [-0.3, -0.25) is 9.59 Å². The Kier molecular flexibility index (Phi) is 7.99. The summed E-state index contributed by atoms with van der Waals surface area (Å²) >= 11 is 7.37. The number of thiazole rings is 1. The Balaban J connectivity index is 0.00000261. The SMILES string of the molecule is C.CC(=O)Cc1csc(NC(=O)C(CC2CCCC2)c2ccc(Cl)cc2)n1. The van der Waals surface area contributed by atoms with Gasteiger partial charge in [0.25, 0.3) is 0 Å². The van der Waals surface area contributed by atoms with Crippen LogP contribution in [0.3, 0.4) is 0 Å². The van der Waals surface area contributed by atoms with Gasteiger partial charge in [0, 0.05) is 16.8 Å². The Morgan fingerprint density at radius 1 is 1.26 bits per heavy atom. The van der Waals surface area contributed by atoms with E-state index in [2.05, 4.69) is 10.3 Å². The molecule has 2 aromatic rings. The first-order valence-electron chi connectivity index (χ1n) is 9.01. The number of rotatable bonds is 7. The van der Waals surface area contributed by atoms with Gasteiger partial charge in [-0.1, -0.05) is 56.8 Å². The number of aromatic nitrogens is 1. The number of halogens is 1. The zero-order valence-electron chi connectivity index (χ0n) is 14.8. The van der Waals surface area contributed by atoms with Crippen molar-refractivity contribution in [2.24, 2.45) is 5.92 Å². The Labute approximate surface area is 170 Å². The first-order chi connectivity index (χ1) is 12.5. The average Bonchev–Trinajstić information content (AvgIpc) is 3.25. The second-order valence-electron chi connectivity index (χ2n) is 7.00. The van der Waals surface area contributed by atoms with Crippen LogP contribution in [0, 0.1) is 5.92 Å². The lowest BCUT2D eigenvalue weighted by Gasteiger charge is -2.20. The van der Waals surface area contributed by atoms with Gasteiger partial charge in [-0.25, -0.2) is 4.98 Å². The number of benzene rings is 1. The fourth-order valence-electron chi connectivity index (χ4n) is 3.56. The summed E-state index contributed by atoms with van der Waals surface area (Å²) in [5, 5.41) is 5.99. The topological polar surface area (TPSA) is 59.1 Å². The quantitative estimate of drug-likeness (QED) is 0.625. The van der Waals surface area contributed by atoms with E-state index in [4.69, 9.17) is 11.6 Å². The molecule has 0 spiro atoms. The molecule has 1 amide bonds. The summed E-state index contributed by atoms with van der Waals surface area (Å²) in [5.41, 5.74) is 1.69. The molecule has 6 heteroatoms. The molecule has 1 fully saturated rings. The number of amides is 1. The van der Waals surface area contributed by atoms with Crippen LogP contribution in [-0.2, 0) is 16.0 Å². The molecule has 1 aliphatic carbocycles. The fourth-order valence-corrected chi connectivity index (χ4v) is 4.40. The normalized spacial score (nSPS) is 15.2. The molecule has 1 aromatic heterocycles. The van der Waals surface area contributed by atoms with Gasteiger partial charge in [0.2, 0.25) is 5.91 Å². The molecule has 1 aliphatic rings. The summed E-state index contributed by atoms with van der Waals surface area (Å²) in [6.07, 6.45) is 6.03. The molecule has 1 atom stereocenters. The summed E-state index contributed by atoms with van der Waals surface area (Å²) in [4.78, 5) is 28.6. The number of ketones is 1. The minimum Gasteiger partial charge on any atom is -0.301 e. The first-order valence-corrected chi connectivity index (χ1v) is 10.3. The minimum absolute atomic E-state index is 0. The van der Waals surface area contributed by atoms with Crippen molar-refractivity contribution in [3.63, 3.8) is 0 Å². The van der Waals surface area contributed by atoms with E-state index in [-0.39, 0.29) is 25.0 Å². The van der Waals surface area contributed by atoms with Crippen molar-refractivity contribution in [1.82, 2.24) is 4.98 Å². The molecule has 0 saturated heterocycles. The number of nitrogens with zero attached hydrogens (tertiary/aromatic N) is 1. The van der Waals surface area contributed by atoms with Crippen LogP contribution in [0.25, 0.3) is 0 Å². The third-order valence-electron chi connectivity index (χ3n) is 4.84. The second kappa shape index (κ2) is 10.00. The van der Waals surface area contributed by atoms with Gasteiger partial charge in [-0.15, -0.1) is 11.3 Å². The number of anilines is 1. The molecule has 146 valence electrons. The number of nitrogens with one attached hydrogen (secondary N) is 1. The van der Waals surface area contributed by atoms with Crippen molar-refractivity contribution in [2.45, 2.75) is 58.8 Å². The van der Waals surface area contributed by atoms with Crippen LogP contribution >= 0.6 is 22.9 Å². The molecule has 1 saturated carbocycles. The van der Waals surface area contributed by atoms with E-state index in [1.807, 2.05) is 29.6 Å². The van der Waals surface area contributed by atoms with Crippen LogP contribution < -0.4 is 5.32 Å². The highest BCUT2D eigenvalue weighted by Gasteiger charge is 2.27. The highest BCUT2D eigenvalue weighted by molar-refractivity contribution is 7.13. The zero-order valence-corrected chi connectivity index (χ0v) is 16.4. The van der Waals surface area contributed by atoms with Crippen LogP contribution in [0.15, 0.2) is 29.6 Å². The van der Waals surface area contributed by atoms with Crippen molar-refractivity contribution in [2.75, 3.05) is 5.32 Å². The van der Waals surface area contributed by atoms with E-state index in [1.54, 1.807) is 0 Å². The Morgan fingerprint density at radius 2 is 1.93 bits per heavy atom. The highest BCUT2D eigenvalue weighted by atomic mass is 35.5. The number of carbonyl (C=O) groups is 2. The van der Waals surface area contributed by atoms with Crippen molar-refractivity contribution in [1.29, 1.82) is 0 Å². The van der Waals surface area contributed by atoms with Crippen molar-refractivity contribution >= 4 is 39.8 Å². The van der Waals surface area contributed by atoms with Gasteiger partial charge in [0.1, 0.15) is 5.78 Å². The first kappa shape index (κ1) is 21.6. The molecular formula is C21H27ClN2O2S. The molecule has 1 unspecified atom stereocenters. The Hall–Kier alpha value is -1.72. The van der Waals surface area contributed by atoms with Crippen molar-refractivity contribution in [3.8, 4) is 0 Å². The fraction of sp³-hybridized carbons (Fsp3) is 0.476. The third-order valence-corrected chi connectivity index (χ3v) is 5.90. The predicted octanol–water partition coefficient (Wildman–Crippen LogP) is 5.87. The van der Waals surface area contributed by atoms with Gasteiger partial charge in [-0.2, -0.15) is 0 Å². The summed E-state index contributed by atoms with van der Waals surface area (Å²) in [6, 6.07) is 7.54. The maximum absolute atomic E-state index is 13.0. The Bertz CT molecular complexity index is 767. The molecule has 1 N–H and O–H groups in total. The number of carbonyl (C=O) groups excluding carboxylic acids is 2. The summed E-state index contributed by atoms with van der Waals surface area (Å²) < 4.78 is 0. The van der Waals surface area contributed by atoms with Gasteiger partial charge in [0.05, 0.1) is 11.6 Å². The monoisotopic (exact) mass is 406 g/mol. The summed E-state index contributed by atoms with van der Waals surface area (Å²) in [7, 11) is 0. The molecule has 27 heavy (non-hydrogen) atoms. The van der Waals surface area contributed by atoms with E-state index in [0.29, 0.717) is 28.2 Å². The molecule has 0 aliphatic heterocycles. The molecule has 1 aromatic carbocycles. The van der Waals surface area contributed by atoms with Crippen molar-refractivity contribution in [3.05, 3.63) is 45.9 Å². The maximum atomic E-state index is 13.0. The van der Waals surface area contributed by atoms with Gasteiger partial charge >= 0.3 is 0 Å². The lowest BCUT2D eigenvalue weighted by Crippen LogP contribution is -2.23. The Morgan fingerprint density at radius 3 is 2.56 bits per heavy atom. The molecule has 3 rings (SSSR count). The molecule has 0 radical (unpaired) electrons. The van der Waals surface area contributed by atoms with Crippen LogP contribution in [0.5, 0.6) is 0 Å². The number of hydrogen-bond acceptors (Lipinski definition) is 4. The van der Waals surface area contributed by atoms with Crippen LogP contribution in [0.2, 0.25) is 5.02 Å². The predicted molar refractivity (Wildman–Crippen MR) is 113 cm³/mol. The van der Waals surface area contributed by atoms with E-state index in [9.17, 15) is 9.59 Å². The maximum Gasteiger partial charge on any atom is 0.233 e. The third kappa shape index (κ3) is 6.15.